The topological polar surface area (TPSA) is 78.9 Å². The van der Waals surface area contributed by atoms with Crippen LogP contribution in [0.3, 0.4) is 0 Å². The number of ether oxygens (including phenoxy) is 3. The molecule has 2 saturated heterocycles. The largest absolute Gasteiger partial charge is 0.381 e. The average Bonchev–Trinajstić information content (AvgIpc) is 2.64. The molecule has 0 saturated carbocycles. The minimum Gasteiger partial charge on any atom is -0.381 e. The molecule has 2 fully saturated rings. The summed E-state index contributed by atoms with van der Waals surface area (Å²) in [5, 5.41) is 0. The number of carbonyl (C=O) groups excluding carboxylic acids is 3. The summed E-state index contributed by atoms with van der Waals surface area (Å²) in [5.74, 6) is 0.733. The van der Waals surface area contributed by atoms with E-state index in [0.29, 0.717) is 44.9 Å². The van der Waals surface area contributed by atoms with Crippen LogP contribution >= 0.6 is 0 Å². The first-order valence-corrected chi connectivity index (χ1v) is 9.59. The van der Waals surface area contributed by atoms with E-state index in [1.165, 1.54) is 11.1 Å². The molecule has 0 spiro atoms. The molecule has 0 bridgehead atoms. The number of hydrogen-bond donors (Lipinski definition) is 0. The van der Waals surface area contributed by atoms with Crippen LogP contribution < -0.4 is 0 Å². The number of carbonyl (C=O) groups is 3. The Bertz CT molecular complexity index is 531. The first kappa shape index (κ1) is 23.4. The van der Waals surface area contributed by atoms with E-state index in [9.17, 15) is 14.4 Å². The van der Waals surface area contributed by atoms with Crippen LogP contribution in [0, 0.1) is 0 Å². The highest BCUT2D eigenvalue weighted by molar-refractivity contribution is 5.87. The van der Waals surface area contributed by atoms with Crippen molar-refractivity contribution in [1.82, 2.24) is 0 Å². The van der Waals surface area contributed by atoms with Gasteiger partial charge in [-0.3, -0.25) is 14.4 Å². The second-order valence-corrected chi connectivity index (χ2v) is 6.74. The second kappa shape index (κ2) is 14.4. The summed E-state index contributed by atoms with van der Waals surface area (Å²) in [6, 6.07) is 0. The summed E-state index contributed by atoms with van der Waals surface area (Å²) in [6.45, 7) is 7.50. The van der Waals surface area contributed by atoms with Crippen molar-refractivity contribution in [1.29, 1.82) is 0 Å². The molecule has 0 atom stereocenters. The van der Waals surface area contributed by atoms with Crippen molar-refractivity contribution < 1.29 is 28.6 Å². The average molecular weight is 380 g/mol. The highest BCUT2D eigenvalue weighted by Gasteiger charge is 2.06. The minimum atomic E-state index is 0.150. The first-order valence-electron chi connectivity index (χ1n) is 9.59. The van der Waals surface area contributed by atoms with Gasteiger partial charge in [0.2, 0.25) is 0 Å². The van der Waals surface area contributed by atoms with Crippen LogP contribution in [0.15, 0.2) is 23.3 Å². The Balaban J connectivity index is 0.000000206. The maximum atomic E-state index is 10.6. The zero-order chi connectivity index (χ0) is 19.9. The van der Waals surface area contributed by atoms with Gasteiger partial charge >= 0.3 is 0 Å². The molecule has 3 aliphatic heterocycles. The van der Waals surface area contributed by atoms with Crippen molar-refractivity contribution >= 4 is 17.3 Å². The molecule has 0 N–H and O–H groups in total. The van der Waals surface area contributed by atoms with E-state index in [1.54, 1.807) is 19.9 Å². The summed E-state index contributed by atoms with van der Waals surface area (Å²) in [6.07, 6.45) is 8.38. The Morgan fingerprint density at radius 1 is 0.889 bits per heavy atom. The van der Waals surface area contributed by atoms with Gasteiger partial charge in [0.25, 0.3) is 0 Å². The first-order chi connectivity index (χ1) is 13.0. The molecular weight excluding hydrogens is 348 g/mol. The Hall–Kier alpha value is -1.63. The summed E-state index contributed by atoms with van der Waals surface area (Å²) >= 11 is 0. The zero-order valence-electron chi connectivity index (χ0n) is 16.6. The van der Waals surface area contributed by atoms with E-state index in [4.69, 9.17) is 14.2 Å². The van der Waals surface area contributed by atoms with Crippen molar-refractivity contribution in [3.8, 4) is 0 Å². The lowest BCUT2D eigenvalue weighted by Crippen LogP contribution is -2.14. The van der Waals surface area contributed by atoms with E-state index < -0.39 is 0 Å². The molecule has 3 aliphatic rings. The van der Waals surface area contributed by atoms with Gasteiger partial charge in [-0.05, 0) is 39.2 Å². The van der Waals surface area contributed by atoms with Gasteiger partial charge in [-0.25, -0.2) is 0 Å². The van der Waals surface area contributed by atoms with E-state index in [1.807, 2.05) is 6.08 Å². The summed E-state index contributed by atoms with van der Waals surface area (Å²) in [4.78, 5) is 31.6. The molecule has 0 aliphatic carbocycles. The van der Waals surface area contributed by atoms with Gasteiger partial charge in [0.15, 0.2) is 5.78 Å². The molecule has 0 aromatic rings. The summed E-state index contributed by atoms with van der Waals surface area (Å²) < 4.78 is 15.1. The van der Waals surface area contributed by atoms with Gasteiger partial charge in [0.05, 0.1) is 39.6 Å². The third-order valence-electron chi connectivity index (χ3n) is 4.13. The summed E-state index contributed by atoms with van der Waals surface area (Å²) in [7, 11) is 0. The normalized spacial score (nSPS) is 19.6. The maximum Gasteiger partial charge on any atom is 0.152 e. The Morgan fingerprint density at radius 2 is 1.44 bits per heavy atom. The van der Waals surface area contributed by atoms with Crippen LogP contribution in [0.1, 0.15) is 52.4 Å². The van der Waals surface area contributed by atoms with Crippen LogP contribution in [-0.4, -0.2) is 57.0 Å². The SMILES string of the molecule is CC(=O)C=C1CCOCC1.CC(=O)CC1=CCOCC1.O=C1CCOCC1. The van der Waals surface area contributed by atoms with Crippen molar-refractivity contribution in [3.63, 3.8) is 0 Å². The summed E-state index contributed by atoms with van der Waals surface area (Å²) in [5.41, 5.74) is 2.47. The van der Waals surface area contributed by atoms with E-state index >= 15 is 0 Å². The maximum absolute atomic E-state index is 10.6. The van der Waals surface area contributed by atoms with Crippen molar-refractivity contribution in [2.24, 2.45) is 0 Å². The zero-order valence-corrected chi connectivity index (χ0v) is 16.6. The Kier molecular flexibility index (Phi) is 12.5. The molecular formula is C21H32O6. The standard InChI is InChI=1S/2C8H12O2.C5H8O2/c2*1-7(9)6-8-2-4-10-5-3-8;6-5-1-3-7-4-2-5/h6H,2-5H2,1H3;2H,3-6H2,1H3;1-4H2. The van der Waals surface area contributed by atoms with Gasteiger partial charge in [-0.2, -0.15) is 0 Å². The smallest absolute Gasteiger partial charge is 0.152 e. The van der Waals surface area contributed by atoms with Crippen molar-refractivity contribution in [2.45, 2.75) is 52.4 Å². The molecule has 6 heteroatoms. The fourth-order valence-corrected chi connectivity index (χ4v) is 2.71. The number of hydrogen-bond acceptors (Lipinski definition) is 6. The third kappa shape index (κ3) is 13.2. The van der Waals surface area contributed by atoms with Gasteiger partial charge in [-0.1, -0.05) is 17.2 Å². The van der Waals surface area contributed by atoms with Crippen molar-refractivity contribution in [2.75, 3.05) is 39.6 Å². The molecule has 6 nitrogen and oxygen atoms in total. The van der Waals surface area contributed by atoms with Gasteiger partial charge in [0, 0.05) is 19.3 Å². The molecule has 152 valence electrons. The van der Waals surface area contributed by atoms with Gasteiger partial charge in [0.1, 0.15) is 11.6 Å². The lowest BCUT2D eigenvalue weighted by Gasteiger charge is -2.13. The Morgan fingerprint density at radius 3 is 1.85 bits per heavy atom. The number of rotatable bonds is 3. The number of ketones is 3. The van der Waals surface area contributed by atoms with Gasteiger partial charge in [-0.15, -0.1) is 0 Å². The predicted octanol–water partition coefficient (Wildman–Crippen LogP) is 2.99. The monoisotopic (exact) mass is 380 g/mol. The molecule has 3 rings (SSSR count). The fourth-order valence-electron chi connectivity index (χ4n) is 2.71. The second-order valence-electron chi connectivity index (χ2n) is 6.74. The lowest BCUT2D eigenvalue weighted by atomic mass is 10.1. The molecule has 0 unspecified atom stereocenters. The molecule has 0 radical (unpaired) electrons. The Labute approximate surface area is 161 Å². The molecule has 0 aromatic carbocycles. The van der Waals surface area contributed by atoms with Crippen LogP contribution in [0.25, 0.3) is 0 Å². The molecule has 3 heterocycles. The van der Waals surface area contributed by atoms with Crippen LogP contribution in [0.5, 0.6) is 0 Å². The van der Waals surface area contributed by atoms with E-state index in [0.717, 1.165) is 39.1 Å². The molecule has 0 amide bonds. The van der Waals surface area contributed by atoms with Crippen LogP contribution in [-0.2, 0) is 28.6 Å². The quantitative estimate of drug-likeness (QED) is 0.553. The minimum absolute atomic E-state index is 0.150. The third-order valence-corrected chi connectivity index (χ3v) is 4.13. The predicted molar refractivity (Wildman–Crippen MR) is 103 cm³/mol. The van der Waals surface area contributed by atoms with Gasteiger partial charge < -0.3 is 14.2 Å². The molecule has 0 aromatic heterocycles. The highest BCUT2D eigenvalue weighted by Crippen LogP contribution is 2.12. The van der Waals surface area contributed by atoms with E-state index in [2.05, 4.69) is 0 Å². The van der Waals surface area contributed by atoms with Crippen LogP contribution in [0.2, 0.25) is 0 Å². The fraction of sp³-hybridized carbons (Fsp3) is 0.667. The van der Waals surface area contributed by atoms with E-state index in [-0.39, 0.29) is 11.6 Å². The van der Waals surface area contributed by atoms with Crippen LogP contribution in [0.4, 0.5) is 0 Å². The number of Topliss-reactive ketones (excluding diaryl/α,β-unsaturated/α-hetero) is 2. The lowest BCUT2D eigenvalue weighted by molar-refractivity contribution is -0.124. The van der Waals surface area contributed by atoms with Crippen molar-refractivity contribution in [3.05, 3.63) is 23.3 Å². The molecule has 27 heavy (non-hydrogen) atoms. The highest BCUT2D eigenvalue weighted by atomic mass is 16.5. The number of allylic oxidation sites excluding steroid dienone is 1.